The van der Waals surface area contributed by atoms with Crippen LogP contribution in [0.25, 0.3) is 0 Å². The summed E-state index contributed by atoms with van der Waals surface area (Å²) in [5, 5.41) is 2.15. The van der Waals surface area contributed by atoms with E-state index >= 15 is 0 Å². The summed E-state index contributed by atoms with van der Waals surface area (Å²) in [5.41, 5.74) is 1.59. The molecule has 0 amide bonds. The minimum atomic E-state index is -0.784. The van der Waals surface area contributed by atoms with E-state index in [2.05, 4.69) is 0 Å². The van der Waals surface area contributed by atoms with Gasteiger partial charge in [0.1, 0.15) is 18.3 Å². The zero-order valence-corrected chi connectivity index (χ0v) is 19.9. The maximum Gasteiger partial charge on any atom is 0.220 e. The Morgan fingerprint density at radius 3 is 2.00 bits per heavy atom. The van der Waals surface area contributed by atoms with Gasteiger partial charge in [-0.25, -0.2) is 9.78 Å². The van der Waals surface area contributed by atoms with E-state index in [4.69, 9.17) is 75.1 Å². The quantitative estimate of drug-likeness (QED) is 0.300. The molecule has 1 unspecified atom stereocenters. The fourth-order valence-electron chi connectivity index (χ4n) is 3.20. The van der Waals surface area contributed by atoms with Crippen molar-refractivity contribution < 1.29 is 28.7 Å². The fraction of sp³-hybridized carbons (Fsp3) is 0.429. The number of hydrogen-bond acceptors (Lipinski definition) is 6. The first-order chi connectivity index (χ1) is 14.9. The Bertz CT molecular complexity index is 868. The van der Waals surface area contributed by atoms with E-state index < -0.39 is 24.6 Å². The highest BCUT2D eigenvalue weighted by atomic mass is 35.5. The first-order valence-corrected chi connectivity index (χ1v) is 10.9. The molecule has 6 nitrogen and oxygen atoms in total. The Balaban J connectivity index is 1.66. The third-order valence-electron chi connectivity index (χ3n) is 4.73. The lowest BCUT2D eigenvalue weighted by Crippen LogP contribution is -2.39. The van der Waals surface area contributed by atoms with Gasteiger partial charge in [0, 0.05) is 27.2 Å². The van der Waals surface area contributed by atoms with Gasteiger partial charge in [0.05, 0.1) is 26.9 Å². The monoisotopic (exact) mass is 510 g/mol. The standard InChI is InChI=1S/C21H22Cl4O6/c1-26-20-19(29-10-13-4-6-15(23)8-17(13)25)18(30-21(20)31-27-2)11-28-9-12-3-5-14(22)7-16(12)24/h3-8,18-21H,9-11H2,1-2H3/t18-,19-,20-,21?/m1/s1. The van der Waals surface area contributed by atoms with E-state index in [1.807, 2.05) is 6.07 Å². The Morgan fingerprint density at radius 1 is 0.839 bits per heavy atom. The molecule has 1 heterocycles. The molecule has 0 spiro atoms. The summed E-state index contributed by atoms with van der Waals surface area (Å²) in [5.74, 6) is 0. The van der Waals surface area contributed by atoms with Crippen LogP contribution in [0, 0.1) is 0 Å². The van der Waals surface area contributed by atoms with Crippen molar-refractivity contribution in [3.63, 3.8) is 0 Å². The summed E-state index contributed by atoms with van der Waals surface area (Å²) in [6, 6.07) is 10.4. The fourth-order valence-corrected chi connectivity index (χ4v) is 4.12. The lowest BCUT2D eigenvalue weighted by Gasteiger charge is -2.23. The first-order valence-electron chi connectivity index (χ1n) is 9.38. The third-order valence-corrected chi connectivity index (χ3v) is 5.91. The van der Waals surface area contributed by atoms with Crippen LogP contribution in [-0.2, 0) is 41.9 Å². The van der Waals surface area contributed by atoms with Crippen LogP contribution in [0.15, 0.2) is 36.4 Å². The summed E-state index contributed by atoms with van der Waals surface area (Å²) in [4.78, 5) is 9.98. The molecule has 1 fully saturated rings. The van der Waals surface area contributed by atoms with Gasteiger partial charge in [-0.2, -0.15) is 0 Å². The van der Waals surface area contributed by atoms with E-state index in [0.717, 1.165) is 11.1 Å². The highest BCUT2D eigenvalue weighted by molar-refractivity contribution is 6.35. The van der Waals surface area contributed by atoms with Gasteiger partial charge in [0.15, 0.2) is 0 Å². The minimum Gasteiger partial charge on any atom is -0.374 e. The molecule has 10 heteroatoms. The van der Waals surface area contributed by atoms with Crippen LogP contribution in [0.1, 0.15) is 11.1 Å². The summed E-state index contributed by atoms with van der Waals surface area (Å²) >= 11 is 24.4. The second kappa shape index (κ2) is 12.0. The number of rotatable bonds is 10. The second-order valence-electron chi connectivity index (χ2n) is 6.77. The molecule has 1 aliphatic rings. The average Bonchev–Trinajstić information content (AvgIpc) is 3.05. The smallest absolute Gasteiger partial charge is 0.220 e. The first kappa shape index (κ1) is 25.0. The van der Waals surface area contributed by atoms with Crippen molar-refractivity contribution in [3.8, 4) is 0 Å². The van der Waals surface area contributed by atoms with Gasteiger partial charge in [-0.1, -0.05) is 58.5 Å². The highest BCUT2D eigenvalue weighted by Crippen LogP contribution is 2.30. The summed E-state index contributed by atoms with van der Waals surface area (Å²) < 4.78 is 23.4. The van der Waals surface area contributed by atoms with Gasteiger partial charge >= 0.3 is 0 Å². The van der Waals surface area contributed by atoms with E-state index in [1.165, 1.54) is 7.11 Å². The van der Waals surface area contributed by atoms with Gasteiger partial charge in [-0.15, -0.1) is 0 Å². The van der Waals surface area contributed by atoms with Gasteiger partial charge in [-0.05, 0) is 35.4 Å². The maximum atomic E-state index is 6.26. The van der Waals surface area contributed by atoms with Crippen LogP contribution in [0.2, 0.25) is 20.1 Å². The van der Waals surface area contributed by atoms with E-state index in [1.54, 1.807) is 37.4 Å². The Kier molecular flexibility index (Phi) is 9.67. The maximum absolute atomic E-state index is 6.26. The molecule has 31 heavy (non-hydrogen) atoms. The summed E-state index contributed by atoms with van der Waals surface area (Å²) in [7, 11) is 2.94. The molecule has 0 N–H and O–H groups in total. The zero-order chi connectivity index (χ0) is 22.4. The molecule has 3 rings (SSSR count). The molecular formula is C21H22Cl4O6. The van der Waals surface area contributed by atoms with Crippen LogP contribution >= 0.6 is 46.4 Å². The number of halogens is 4. The van der Waals surface area contributed by atoms with Crippen molar-refractivity contribution in [1.82, 2.24) is 0 Å². The SMILES string of the molecule is COOC1O[C@H](COCc2ccc(Cl)cc2Cl)[C@@H](OCc2ccc(Cl)cc2Cl)[C@H]1OC. The number of hydrogen-bond donors (Lipinski definition) is 0. The molecule has 0 radical (unpaired) electrons. The Morgan fingerprint density at radius 2 is 1.45 bits per heavy atom. The number of ether oxygens (including phenoxy) is 4. The molecule has 1 saturated heterocycles. The lowest BCUT2D eigenvalue weighted by molar-refractivity contribution is -0.373. The predicted octanol–water partition coefficient (Wildman–Crippen LogP) is 5.72. The zero-order valence-electron chi connectivity index (χ0n) is 16.9. The second-order valence-corrected chi connectivity index (χ2v) is 8.46. The molecule has 0 aliphatic carbocycles. The minimum absolute atomic E-state index is 0.210. The van der Waals surface area contributed by atoms with Crippen molar-refractivity contribution in [1.29, 1.82) is 0 Å². The normalized spacial score (nSPS) is 23.4. The molecule has 170 valence electrons. The summed E-state index contributed by atoms with van der Waals surface area (Å²) in [6.45, 7) is 0.712. The van der Waals surface area contributed by atoms with Gasteiger partial charge in [-0.3, -0.25) is 0 Å². The Hall–Kier alpha value is -0.640. The van der Waals surface area contributed by atoms with E-state index in [0.29, 0.717) is 20.1 Å². The van der Waals surface area contributed by atoms with Crippen LogP contribution in [0.5, 0.6) is 0 Å². The molecule has 2 aromatic carbocycles. The molecule has 0 bridgehead atoms. The van der Waals surface area contributed by atoms with Crippen molar-refractivity contribution in [2.24, 2.45) is 0 Å². The average molecular weight is 512 g/mol. The van der Waals surface area contributed by atoms with E-state index in [-0.39, 0.29) is 19.8 Å². The molecule has 0 saturated carbocycles. The van der Waals surface area contributed by atoms with Crippen molar-refractivity contribution in [3.05, 3.63) is 67.6 Å². The summed E-state index contributed by atoms with van der Waals surface area (Å²) in [6.07, 6.45) is -2.31. The van der Waals surface area contributed by atoms with Gasteiger partial charge < -0.3 is 18.9 Å². The van der Waals surface area contributed by atoms with Crippen LogP contribution < -0.4 is 0 Å². The van der Waals surface area contributed by atoms with Gasteiger partial charge in [0.2, 0.25) is 6.29 Å². The van der Waals surface area contributed by atoms with Crippen molar-refractivity contribution in [2.75, 3.05) is 20.8 Å². The highest BCUT2D eigenvalue weighted by Gasteiger charge is 2.47. The van der Waals surface area contributed by atoms with Crippen molar-refractivity contribution >= 4 is 46.4 Å². The van der Waals surface area contributed by atoms with Crippen LogP contribution in [0.3, 0.4) is 0 Å². The molecule has 2 aromatic rings. The predicted molar refractivity (Wildman–Crippen MR) is 119 cm³/mol. The van der Waals surface area contributed by atoms with Crippen molar-refractivity contribution in [2.45, 2.75) is 37.8 Å². The Labute approximate surface area is 201 Å². The molecule has 1 aliphatic heterocycles. The molecular weight excluding hydrogens is 490 g/mol. The van der Waals surface area contributed by atoms with Crippen LogP contribution in [-0.4, -0.2) is 45.4 Å². The number of benzene rings is 2. The topological polar surface area (TPSA) is 55.4 Å². The molecule has 4 atom stereocenters. The third kappa shape index (κ3) is 6.68. The van der Waals surface area contributed by atoms with E-state index in [9.17, 15) is 0 Å². The molecule has 0 aromatic heterocycles. The number of methoxy groups -OCH3 is 1. The largest absolute Gasteiger partial charge is 0.374 e. The van der Waals surface area contributed by atoms with Gasteiger partial charge in [0.25, 0.3) is 0 Å². The van der Waals surface area contributed by atoms with Crippen LogP contribution in [0.4, 0.5) is 0 Å². The lowest BCUT2D eigenvalue weighted by atomic mass is 10.1.